The summed E-state index contributed by atoms with van der Waals surface area (Å²) in [6.07, 6.45) is 4.27. The number of hydrogen-bond donors (Lipinski definition) is 0. The fraction of sp³-hybridized carbons (Fsp3) is 0.500. The number of aromatic nitrogens is 1. The maximum Gasteiger partial charge on any atom is 0.165 e. The van der Waals surface area contributed by atoms with E-state index >= 15 is 0 Å². The Morgan fingerprint density at radius 3 is 3.45 bits per heavy atom. The molecule has 0 saturated carbocycles. The van der Waals surface area contributed by atoms with Gasteiger partial charge in [-0.1, -0.05) is 6.92 Å². The zero-order valence-corrected chi connectivity index (χ0v) is 7.27. The molecule has 0 radical (unpaired) electrons. The Kier molecular flexibility index (Phi) is 1.74. The topological polar surface area (TPSA) is 25.2 Å². The Balaban J connectivity index is 2.44. The molecular formula is C8H10N2S. The SMILES string of the molecule is CC1CCC=Nc2ncsc21. The van der Waals surface area contributed by atoms with E-state index in [9.17, 15) is 0 Å². The monoisotopic (exact) mass is 166 g/mol. The van der Waals surface area contributed by atoms with Crippen molar-refractivity contribution in [2.75, 3.05) is 0 Å². The van der Waals surface area contributed by atoms with Gasteiger partial charge in [0.05, 0.1) is 10.4 Å². The van der Waals surface area contributed by atoms with Gasteiger partial charge in [0.25, 0.3) is 0 Å². The Morgan fingerprint density at radius 1 is 1.64 bits per heavy atom. The van der Waals surface area contributed by atoms with E-state index in [1.54, 1.807) is 11.3 Å². The molecule has 0 saturated heterocycles. The molecule has 0 fully saturated rings. The van der Waals surface area contributed by atoms with Crippen LogP contribution in [0.2, 0.25) is 0 Å². The highest BCUT2D eigenvalue weighted by Crippen LogP contribution is 2.33. The van der Waals surface area contributed by atoms with Crippen LogP contribution in [0.15, 0.2) is 10.5 Å². The largest absolute Gasteiger partial charge is 0.241 e. The van der Waals surface area contributed by atoms with Crippen molar-refractivity contribution in [1.29, 1.82) is 0 Å². The molecule has 1 aromatic rings. The van der Waals surface area contributed by atoms with Crippen LogP contribution in [0, 0.1) is 0 Å². The summed E-state index contributed by atoms with van der Waals surface area (Å²) in [7, 11) is 0. The fourth-order valence-corrected chi connectivity index (χ4v) is 2.12. The zero-order valence-electron chi connectivity index (χ0n) is 6.45. The van der Waals surface area contributed by atoms with Crippen molar-refractivity contribution in [3.63, 3.8) is 0 Å². The van der Waals surface area contributed by atoms with Gasteiger partial charge in [0.2, 0.25) is 0 Å². The van der Waals surface area contributed by atoms with Gasteiger partial charge in [-0.25, -0.2) is 9.98 Å². The molecule has 1 aliphatic rings. The highest BCUT2D eigenvalue weighted by Gasteiger charge is 2.14. The average Bonchev–Trinajstić information content (AvgIpc) is 2.40. The van der Waals surface area contributed by atoms with Crippen molar-refractivity contribution in [3.8, 4) is 0 Å². The highest BCUT2D eigenvalue weighted by molar-refractivity contribution is 7.10. The summed E-state index contributed by atoms with van der Waals surface area (Å²) in [4.78, 5) is 9.81. The van der Waals surface area contributed by atoms with E-state index in [0.717, 1.165) is 12.2 Å². The van der Waals surface area contributed by atoms with Crippen molar-refractivity contribution >= 4 is 23.4 Å². The Hall–Kier alpha value is -0.700. The number of aliphatic imine (C=N–C) groups is 1. The molecule has 0 amide bonds. The third-order valence-electron chi connectivity index (χ3n) is 1.96. The van der Waals surface area contributed by atoms with E-state index in [-0.39, 0.29) is 0 Å². The van der Waals surface area contributed by atoms with E-state index in [4.69, 9.17) is 0 Å². The fourth-order valence-electron chi connectivity index (χ4n) is 1.29. The Labute approximate surface area is 70.0 Å². The molecule has 0 aliphatic carbocycles. The second-order valence-electron chi connectivity index (χ2n) is 2.83. The van der Waals surface area contributed by atoms with Crippen LogP contribution >= 0.6 is 11.3 Å². The van der Waals surface area contributed by atoms with Gasteiger partial charge in [-0.3, -0.25) is 0 Å². The van der Waals surface area contributed by atoms with Crippen molar-refractivity contribution in [3.05, 3.63) is 10.4 Å². The Morgan fingerprint density at radius 2 is 2.55 bits per heavy atom. The molecule has 2 nitrogen and oxygen atoms in total. The van der Waals surface area contributed by atoms with Crippen LogP contribution in [0.5, 0.6) is 0 Å². The highest BCUT2D eigenvalue weighted by atomic mass is 32.1. The van der Waals surface area contributed by atoms with Crippen LogP contribution < -0.4 is 0 Å². The number of thiazole rings is 1. The van der Waals surface area contributed by atoms with Crippen LogP contribution in [0.3, 0.4) is 0 Å². The molecule has 2 heterocycles. The van der Waals surface area contributed by atoms with Gasteiger partial charge in [-0.2, -0.15) is 0 Å². The lowest BCUT2D eigenvalue weighted by atomic mass is 10.1. The summed E-state index contributed by atoms with van der Waals surface area (Å²) in [5, 5.41) is 0. The maximum atomic E-state index is 4.27. The lowest BCUT2D eigenvalue weighted by molar-refractivity contribution is 0.726. The third-order valence-corrected chi connectivity index (χ3v) is 3.01. The van der Waals surface area contributed by atoms with Crippen LogP contribution in [0.4, 0.5) is 5.82 Å². The smallest absolute Gasteiger partial charge is 0.165 e. The molecule has 1 aromatic heterocycles. The standard InChI is InChI=1S/C8H10N2S/c1-6-3-2-4-9-8-7(6)11-5-10-8/h4-6H,2-3H2,1H3. The lowest BCUT2D eigenvalue weighted by Crippen LogP contribution is -1.87. The summed E-state index contributed by atoms with van der Waals surface area (Å²) >= 11 is 1.72. The first-order valence-electron chi connectivity index (χ1n) is 3.84. The predicted octanol–water partition coefficient (Wildman–Crippen LogP) is 2.74. The number of fused-ring (bicyclic) bond motifs is 1. The van der Waals surface area contributed by atoms with Gasteiger partial charge in [-0.05, 0) is 18.8 Å². The first-order valence-corrected chi connectivity index (χ1v) is 4.72. The zero-order chi connectivity index (χ0) is 7.68. The molecule has 11 heavy (non-hydrogen) atoms. The van der Waals surface area contributed by atoms with Gasteiger partial charge in [0.15, 0.2) is 5.82 Å². The average molecular weight is 166 g/mol. The van der Waals surface area contributed by atoms with Crippen molar-refractivity contribution in [2.24, 2.45) is 4.99 Å². The minimum atomic E-state index is 0.639. The lowest BCUT2D eigenvalue weighted by Gasteiger charge is -2.03. The Bertz CT molecular complexity index is 277. The van der Waals surface area contributed by atoms with Crippen LogP contribution in [0.1, 0.15) is 30.6 Å². The minimum Gasteiger partial charge on any atom is -0.241 e. The third kappa shape index (κ3) is 1.20. The second kappa shape index (κ2) is 2.74. The van der Waals surface area contributed by atoms with E-state index in [2.05, 4.69) is 16.9 Å². The van der Waals surface area contributed by atoms with Crippen LogP contribution in [-0.2, 0) is 0 Å². The molecule has 1 atom stereocenters. The van der Waals surface area contributed by atoms with E-state index < -0.39 is 0 Å². The molecule has 0 N–H and O–H groups in total. The molecule has 2 rings (SSSR count). The number of hydrogen-bond acceptors (Lipinski definition) is 3. The van der Waals surface area contributed by atoms with Gasteiger partial charge >= 0.3 is 0 Å². The van der Waals surface area contributed by atoms with Crippen LogP contribution in [0.25, 0.3) is 0 Å². The van der Waals surface area contributed by atoms with Gasteiger partial charge < -0.3 is 0 Å². The van der Waals surface area contributed by atoms with Gasteiger partial charge in [-0.15, -0.1) is 11.3 Å². The summed E-state index contributed by atoms with van der Waals surface area (Å²) in [6.45, 7) is 2.24. The summed E-state index contributed by atoms with van der Waals surface area (Å²) in [5.41, 5.74) is 1.88. The maximum absolute atomic E-state index is 4.27. The molecule has 3 heteroatoms. The molecule has 0 spiro atoms. The quantitative estimate of drug-likeness (QED) is 0.581. The van der Waals surface area contributed by atoms with E-state index in [1.165, 1.54) is 11.3 Å². The molecule has 1 aliphatic heterocycles. The summed E-state index contributed by atoms with van der Waals surface area (Å²) < 4.78 is 0. The second-order valence-corrected chi connectivity index (χ2v) is 3.72. The summed E-state index contributed by atoms with van der Waals surface area (Å²) in [5.74, 6) is 1.58. The van der Waals surface area contributed by atoms with Gasteiger partial charge in [0, 0.05) is 6.21 Å². The van der Waals surface area contributed by atoms with E-state index in [1.807, 2.05) is 11.7 Å². The number of nitrogens with zero attached hydrogens (tertiary/aromatic N) is 2. The molecular weight excluding hydrogens is 156 g/mol. The summed E-state index contributed by atoms with van der Waals surface area (Å²) in [6, 6.07) is 0. The molecule has 1 unspecified atom stereocenters. The predicted molar refractivity (Wildman–Crippen MR) is 47.9 cm³/mol. The van der Waals surface area contributed by atoms with Gasteiger partial charge in [0.1, 0.15) is 0 Å². The molecule has 0 bridgehead atoms. The van der Waals surface area contributed by atoms with Crippen molar-refractivity contribution in [1.82, 2.24) is 4.98 Å². The minimum absolute atomic E-state index is 0.639. The first kappa shape index (κ1) is 6.98. The molecule has 58 valence electrons. The first-order chi connectivity index (χ1) is 5.38. The number of rotatable bonds is 0. The van der Waals surface area contributed by atoms with Crippen molar-refractivity contribution < 1.29 is 0 Å². The molecule has 0 aromatic carbocycles. The van der Waals surface area contributed by atoms with Crippen LogP contribution in [-0.4, -0.2) is 11.2 Å². The van der Waals surface area contributed by atoms with E-state index in [0.29, 0.717) is 5.92 Å². The normalized spacial score (nSPS) is 22.8. The van der Waals surface area contributed by atoms with Crippen molar-refractivity contribution in [2.45, 2.75) is 25.7 Å².